The maximum Gasteiger partial charge on any atom is 0.420 e. The molecule has 1 aliphatic rings. The van der Waals surface area contributed by atoms with Gasteiger partial charge in [0, 0.05) is 12.1 Å². The van der Waals surface area contributed by atoms with E-state index in [1.165, 1.54) is 6.07 Å². The highest BCUT2D eigenvalue weighted by molar-refractivity contribution is 5.49. The Labute approximate surface area is 99.5 Å². The molecule has 0 aliphatic heterocycles. The number of rotatable bonds is 3. The van der Waals surface area contributed by atoms with Gasteiger partial charge in [-0.15, -0.1) is 0 Å². The minimum absolute atomic E-state index is 0.0635. The van der Waals surface area contributed by atoms with E-state index in [1.807, 2.05) is 0 Å². The predicted octanol–water partition coefficient (Wildman–Crippen LogP) is 3.32. The van der Waals surface area contributed by atoms with E-state index in [4.69, 9.17) is 10.5 Å². The van der Waals surface area contributed by atoms with Crippen LogP contribution in [0.15, 0.2) is 18.2 Å². The zero-order chi connectivity index (χ0) is 13.6. The molecule has 2 nitrogen and oxygen atoms in total. The summed E-state index contributed by atoms with van der Waals surface area (Å²) in [6.45, 7) is -0.431. The zero-order valence-corrected chi connectivity index (χ0v) is 9.10. The van der Waals surface area contributed by atoms with Crippen molar-refractivity contribution < 1.29 is 26.7 Å². The van der Waals surface area contributed by atoms with E-state index in [9.17, 15) is 22.0 Å². The average Bonchev–Trinajstić information content (AvgIpc) is 2.83. The molecule has 1 atom stereocenters. The van der Waals surface area contributed by atoms with E-state index < -0.39 is 35.9 Å². The van der Waals surface area contributed by atoms with Gasteiger partial charge < -0.3 is 10.5 Å². The molecule has 1 fully saturated rings. The first-order valence-electron chi connectivity index (χ1n) is 5.17. The number of anilines is 1. The number of benzene rings is 1. The lowest BCUT2D eigenvalue weighted by Gasteiger charge is -2.14. The van der Waals surface area contributed by atoms with Crippen LogP contribution in [0, 0.1) is 5.92 Å². The normalized spacial score (nSPS) is 21.7. The molecule has 0 radical (unpaired) electrons. The highest BCUT2D eigenvalue weighted by atomic mass is 19.4. The van der Waals surface area contributed by atoms with Gasteiger partial charge >= 0.3 is 6.18 Å². The van der Waals surface area contributed by atoms with E-state index in [0.29, 0.717) is 0 Å². The Balaban J connectivity index is 2.12. The molecular formula is C11H10F5NO. The van der Waals surface area contributed by atoms with Crippen molar-refractivity contribution in [2.75, 3.05) is 12.3 Å². The number of nitrogen functional groups attached to an aromatic ring is 1. The number of hydrogen-bond donors (Lipinski definition) is 1. The van der Waals surface area contributed by atoms with Gasteiger partial charge in [0.25, 0.3) is 5.92 Å². The molecule has 0 bridgehead atoms. The molecule has 7 heteroatoms. The zero-order valence-electron chi connectivity index (χ0n) is 9.10. The molecule has 100 valence electrons. The molecule has 2 rings (SSSR count). The Morgan fingerprint density at radius 3 is 2.44 bits per heavy atom. The van der Waals surface area contributed by atoms with Crippen molar-refractivity contribution in [3.05, 3.63) is 23.8 Å². The number of alkyl halides is 5. The summed E-state index contributed by atoms with van der Waals surface area (Å²) in [5.74, 6) is -4.29. The molecule has 1 unspecified atom stereocenters. The van der Waals surface area contributed by atoms with Gasteiger partial charge in [-0.05, 0) is 18.2 Å². The molecule has 1 saturated carbocycles. The lowest BCUT2D eigenvalue weighted by molar-refractivity contribution is -0.139. The summed E-state index contributed by atoms with van der Waals surface area (Å²) in [6, 6.07) is 2.99. The summed E-state index contributed by atoms with van der Waals surface area (Å²) in [6.07, 6.45) is -4.97. The number of ether oxygens (including phenoxy) is 1. The first-order valence-corrected chi connectivity index (χ1v) is 5.17. The van der Waals surface area contributed by atoms with Crippen LogP contribution < -0.4 is 10.5 Å². The Morgan fingerprint density at radius 1 is 1.33 bits per heavy atom. The average molecular weight is 267 g/mol. The first kappa shape index (κ1) is 12.9. The van der Waals surface area contributed by atoms with Crippen molar-refractivity contribution in [3.63, 3.8) is 0 Å². The molecule has 1 aliphatic carbocycles. The third-order valence-electron chi connectivity index (χ3n) is 2.70. The van der Waals surface area contributed by atoms with Gasteiger partial charge in [-0.3, -0.25) is 0 Å². The standard InChI is InChI=1S/C11H10F5NO/c12-10(13)4-6(10)5-18-9-2-1-7(17)3-8(9)11(14,15)16/h1-3,6H,4-5,17H2. The highest BCUT2D eigenvalue weighted by Crippen LogP contribution is 2.49. The molecule has 0 spiro atoms. The second kappa shape index (κ2) is 4.00. The molecule has 1 aromatic rings. The fraction of sp³-hybridized carbons (Fsp3) is 0.455. The second-order valence-electron chi connectivity index (χ2n) is 4.23. The van der Waals surface area contributed by atoms with Crippen molar-refractivity contribution >= 4 is 5.69 Å². The van der Waals surface area contributed by atoms with Gasteiger partial charge in [-0.1, -0.05) is 0 Å². The lowest BCUT2D eigenvalue weighted by atomic mass is 10.1. The fourth-order valence-corrected chi connectivity index (χ4v) is 1.54. The smallest absolute Gasteiger partial charge is 0.420 e. The molecule has 0 heterocycles. The molecular weight excluding hydrogens is 257 g/mol. The van der Waals surface area contributed by atoms with Crippen LogP contribution >= 0.6 is 0 Å². The Morgan fingerprint density at radius 2 is 1.94 bits per heavy atom. The van der Waals surface area contributed by atoms with Gasteiger partial charge in [0.15, 0.2) is 0 Å². The fourth-order valence-electron chi connectivity index (χ4n) is 1.54. The van der Waals surface area contributed by atoms with Crippen LogP contribution in [-0.2, 0) is 6.18 Å². The first-order chi connectivity index (χ1) is 8.20. The van der Waals surface area contributed by atoms with Gasteiger partial charge in [-0.2, -0.15) is 13.2 Å². The monoisotopic (exact) mass is 267 g/mol. The maximum absolute atomic E-state index is 12.6. The van der Waals surface area contributed by atoms with Crippen molar-refractivity contribution in [1.29, 1.82) is 0 Å². The molecule has 1 aromatic carbocycles. The molecule has 2 N–H and O–H groups in total. The van der Waals surface area contributed by atoms with E-state index in [-0.39, 0.29) is 12.1 Å². The quantitative estimate of drug-likeness (QED) is 0.673. The number of nitrogens with two attached hydrogens (primary N) is 1. The third-order valence-corrected chi connectivity index (χ3v) is 2.70. The van der Waals surface area contributed by atoms with E-state index in [2.05, 4.69) is 0 Å². The van der Waals surface area contributed by atoms with Crippen LogP contribution in [0.25, 0.3) is 0 Å². The highest BCUT2D eigenvalue weighted by Gasteiger charge is 2.57. The van der Waals surface area contributed by atoms with Crippen LogP contribution in [0.2, 0.25) is 0 Å². The second-order valence-corrected chi connectivity index (χ2v) is 4.23. The van der Waals surface area contributed by atoms with Crippen LogP contribution in [0.5, 0.6) is 5.75 Å². The van der Waals surface area contributed by atoms with Gasteiger partial charge in [0.1, 0.15) is 5.75 Å². The largest absolute Gasteiger partial charge is 0.492 e. The van der Waals surface area contributed by atoms with Crippen molar-refractivity contribution in [3.8, 4) is 5.75 Å². The van der Waals surface area contributed by atoms with Gasteiger partial charge in [-0.25, -0.2) is 8.78 Å². The van der Waals surface area contributed by atoms with Crippen LogP contribution in [0.4, 0.5) is 27.6 Å². The lowest BCUT2D eigenvalue weighted by Crippen LogP contribution is -2.12. The molecule has 18 heavy (non-hydrogen) atoms. The minimum atomic E-state index is -4.63. The summed E-state index contributed by atoms with van der Waals surface area (Å²) >= 11 is 0. The van der Waals surface area contributed by atoms with Gasteiger partial charge in [0.2, 0.25) is 0 Å². The number of hydrogen-bond acceptors (Lipinski definition) is 2. The predicted molar refractivity (Wildman–Crippen MR) is 54.4 cm³/mol. The maximum atomic E-state index is 12.6. The Hall–Kier alpha value is -1.53. The van der Waals surface area contributed by atoms with Crippen LogP contribution in [-0.4, -0.2) is 12.5 Å². The van der Waals surface area contributed by atoms with Gasteiger partial charge in [0.05, 0.1) is 18.1 Å². The van der Waals surface area contributed by atoms with E-state index >= 15 is 0 Å². The molecule has 0 saturated heterocycles. The molecule has 0 aromatic heterocycles. The third kappa shape index (κ3) is 2.65. The SMILES string of the molecule is Nc1ccc(OCC2CC2(F)F)c(C(F)(F)F)c1. The van der Waals surface area contributed by atoms with E-state index in [0.717, 1.165) is 12.1 Å². The van der Waals surface area contributed by atoms with E-state index in [1.54, 1.807) is 0 Å². The number of halogens is 5. The Kier molecular flexibility index (Phi) is 2.87. The van der Waals surface area contributed by atoms with Crippen molar-refractivity contribution in [2.45, 2.75) is 18.5 Å². The van der Waals surface area contributed by atoms with Crippen molar-refractivity contribution in [2.24, 2.45) is 5.92 Å². The summed E-state index contributed by atoms with van der Waals surface area (Å²) in [7, 11) is 0. The van der Waals surface area contributed by atoms with Crippen molar-refractivity contribution in [1.82, 2.24) is 0 Å². The minimum Gasteiger partial charge on any atom is -0.492 e. The Bertz CT molecular complexity index is 457. The topological polar surface area (TPSA) is 35.2 Å². The summed E-state index contributed by atoms with van der Waals surface area (Å²) in [4.78, 5) is 0. The summed E-state index contributed by atoms with van der Waals surface area (Å²) in [5.41, 5.74) is 4.15. The summed E-state index contributed by atoms with van der Waals surface area (Å²) < 4.78 is 67.9. The van der Waals surface area contributed by atoms with Crippen LogP contribution in [0.3, 0.4) is 0 Å². The summed E-state index contributed by atoms with van der Waals surface area (Å²) in [5, 5.41) is 0. The van der Waals surface area contributed by atoms with Crippen LogP contribution in [0.1, 0.15) is 12.0 Å². The molecule has 0 amide bonds.